The van der Waals surface area contributed by atoms with Gasteiger partial charge >= 0.3 is 0 Å². The van der Waals surface area contributed by atoms with Gasteiger partial charge < -0.3 is 4.74 Å². The van der Waals surface area contributed by atoms with Crippen LogP contribution in [0.25, 0.3) is 0 Å². The van der Waals surface area contributed by atoms with Gasteiger partial charge in [-0.15, -0.1) is 0 Å². The zero-order valence-corrected chi connectivity index (χ0v) is 11.1. The van der Waals surface area contributed by atoms with Crippen molar-refractivity contribution in [2.75, 3.05) is 0 Å². The number of rotatable bonds is 3. The van der Waals surface area contributed by atoms with Crippen LogP contribution in [-0.4, -0.2) is 11.4 Å². The molecule has 1 heterocycles. The molecular weight excluding hydrogens is 236 g/mol. The molecule has 0 aromatic heterocycles. The molecule has 1 atom stereocenters. The van der Waals surface area contributed by atoms with Crippen molar-refractivity contribution in [1.82, 2.24) is 0 Å². The van der Waals surface area contributed by atoms with E-state index in [4.69, 9.17) is 4.74 Å². The fourth-order valence-electron chi connectivity index (χ4n) is 2.78. The lowest BCUT2D eigenvalue weighted by molar-refractivity contribution is -0.121. The van der Waals surface area contributed by atoms with Crippen LogP contribution in [0.15, 0.2) is 60.7 Å². The molecule has 0 radical (unpaired) electrons. The minimum atomic E-state index is -0.768. The van der Waals surface area contributed by atoms with E-state index in [1.165, 1.54) is 0 Å². The van der Waals surface area contributed by atoms with Crippen molar-refractivity contribution in [1.29, 1.82) is 0 Å². The summed E-state index contributed by atoms with van der Waals surface area (Å²) in [5.74, 6) is 0.0557. The minimum Gasteiger partial charge on any atom is -0.344 e. The van der Waals surface area contributed by atoms with Crippen LogP contribution >= 0.6 is 0 Å². The van der Waals surface area contributed by atoms with E-state index in [1.807, 2.05) is 67.6 Å². The van der Waals surface area contributed by atoms with Crippen LogP contribution in [0.5, 0.6) is 0 Å². The number of carbonyl (C=O) groups excluding carboxylic acids is 1. The average Bonchev–Trinajstić information content (AvgIpc) is 3.10. The molecule has 3 rings (SSSR count). The Hall–Kier alpha value is -1.93. The summed E-state index contributed by atoms with van der Waals surface area (Å²) in [7, 11) is 0. The van der Waals surface area contributed by atoms with Crippen molar-refractivity contribution in [2.45, 2.75) is 25.0 Å². The van der Waals surface area contributed by atoms with Crippen LogP contribution in [0.2, 0.25) is 0 Å². The predicted molar refractivity (Wildman–Crippen MR) is 73.8 cm³/mol. The van der Waals surface area contributed by atoms with Crippen molar-refractivity contribution in [2.24, 2.45) is 0 Å². The first-order valence-electron chi connectivity index (χ1n) is 6.43. The first kappa shape index (κ1) is 12.1. The maximum absolute atomic E-state index is 12.0. The second-order valence-corrected chi connectivity index (χ2v) is 5.10. The van der Waals surface area contributed by atoms with E-state index in [2.05, 4.69) is 0 Å². The molecule has 2 aromatic carbocycles. The first-order valence-corrected chi connectivity index (χ1v) is 6.43. The Morgan fingerprint density at radius 3 is 1.63 bits per heavy atom. The van der Waals surface area contributed by atoms with Gasteiger partial charge in [0.15, 0.2) is 17.0 Å². The molecule has 0 aliphatic carbocycles. The van der Waals surface area contributed by atoms with Crippen molar-refractivity contribution >= 4 is 5.78 Å². The first-order chi connectivity index (χ1) is 9.11. The third-order valence-electron chi connectivity index (χ3n) is 4.02. The maximum atomic E-state index is 12.0. The van der Waals surface area contributed by atoms with Gasteiger partial charge in [0.2, 0.25) is 0 Å². The van der Waals surface area contributed by atoms with E-state index < -0.39 is 11.2 Å². The average molecular weight is 252 g/mol. The summed E-state index contributed by atoms with van der Waals surface area (Å²) in [6.07, 6.45) is 0. The number of carbonyl (C=O) groups is 1. The molecule has 1 saturated heterocycles. The van der Waals surface area contributed by atoms with Gasteiger partial charge in [-0.3, -0.25) is 4.79 Å². The van der Waals surface area contributed by atoms with Crippen LogP contribution in [0.3, 0.4) is 0 Å². The van der Waals surface area contributed by atoms with Crippen LogP contribution in [-0.2, 0) is 15.1 Å². The number of ether oxygens (including phenoxy) is 1. The van der Waals surface area contributed by atoms with E-state index in [1.54, 1.807) is 6.92 Å². The van der Waals surface area contributed by atoms with Gasteiger partial charge in [0.25, 0.3) is 0 Å². The fraction of sp³-hybridized carbons (Fsp3) is 0.235. The lowest BCUT2D eigenvalue weighted by atomic mass is 9.80. The summed E-state index contributed by atoms with van der Waals surface area (Å²) >= 11 is 0. The van der Waals surface area contributed by atoms with Gasteiger partial charge in [0.1, 0.15) is 0 Å². The Bertz CT molecular complexity index is 564. The van der Waals surface area contributed by atoms with Crippen LogP contribution in [0.1, 0.15) is 25.0 Å². The molecule has 1 fully saturated rings. The lowest BCUT2D eigenvalue weighted by Crippen LogP contribution is -2.29. The maximum Gasteiger partial charge on any atom is 0.165 e. The van der Waals surface area contributed by atoms with Gasteiger partial charge in [-0.2, -0.15) is 0 Å². The fourth-order valence-corrected chi connectivity index (χ4v) is 2.78. The summed E-state index contributed by atoms with van der Waals surface area (Å²) in [6.45, 7) is 3.46. The standard InChI is InChI=1S/C17H16O2/c1-13(18)16(2)17(19-16,14-9-5-3-6-10-14)15-11-7-4-8-12-15/h3-12H,1-2H3. The SMILES string of the molecule is CC(=O)C1(C)OC1(c1ccccc1)c1ccccc1. The Labute approximate surface area is 113 Å². The summed E-state index contributed by atoms with van der Waals surface area (Å²) < 4.78 is 5.98. The number of ketones is 1. The van der Waals surface area contributed by atoms with Gasteiger partial charge in [-0.05, 0) is 25.0 Å². The second-order valence-electron chi connectivity index (χ2n) is 5.10. The molecule has 0 spiro atoms. The quantitative estimate of drug-likeness (QED) is 0.784. The highest BCUT2D eigenvalue weighted by molar-refractivity contribution is 5.91. The highest BCUT2D eigenvalue weighted by Gasteiger charge is 2.71. The smallest absolute Gasteiger partial charge is 0.165 e. The van der Waals surface area contributed by atoms with Crippen molar-refractivity contribution in [3.63, 3.8) is 0 Å². The van der Waals surface area contributed by atoms with E-state index in [0.717, 1.165) is 11.1 Å². The Morgan fingerprint density at radius 1 is 0.895 bits per heavy atom. The molecule has 19 heavy (non-hydrogen) atoms. The Balaban J connectivity index is 2.18. The summed E-state index contributed by atoms with van der Waals surface area (Å²) in [5, 5.41) is 0. The molecule has 2 heteroatoms. The molecule has 2 aromatic rings. The number of benzene rings is 2. The van der Waals surface area contributed by atoms with Gasteiger partial charge in [0, 0.05) is 0 Å². The summed E-state index contributed by atoms with van der Waals surface area (Å²) in [4.78, 5) is 12.0. The molecule has 0 N–H and O–H groups in total. The molecule has 2 nitrogen and oxygen atoms in total. The number of hydrogen-bond donors (Lipinski definition) is 0. The molecule has 0 amide bonds. The Kier molecular flexibility index (Phi) is 2.58. The molecule has 1 unspecified atom stereocenters. The second kappa shape index (κ2) is 4.04. The minimum absolute atomic E-state index is 0.0557. The number of Topliss-reactive ketones (excluding diaryl/α,β-unsaturated/α-hetero) is 1. The van der Waals surface area contributed by atoms with Gasteiger partial charge in [0.05, 0.1) is 0 Å². The van der Waals surface area contributed by atoms with Gasteiger partial charge in [-0.25, -0.2) is 0 Å². The zero-order chi connectivity index (χ0) is 13.5. The lowest BCUT2D eigenvalue weighted by Gasteiger charge is -2.17. The third-order valence-corrected chi connectivity index (χ3v) is 4.02. The summed E-state index contributed by atoms with van der Waals surface area (Å²) in [6, 6.07) is 19.9. The normalized spacial score (nSPS) is 23.9. The van der Waals surface area contributed by atoms with Crippen LogP contribution in [0.4, 0.5) is 0 Å². The van der Waals surface area contributed by atoms with Crippen LogP contribution < -0.4 is 0 Å². The highest BCUT2D eigenvalue weighted by atomic mass is 16.6. The molecular formula is C17H16O2. The van der Waals surface area contributed by atoms with Crippen molar-refractivity contribution in [3.8, 4) is 0 Å². The van der Waals surface area contributed by atoms with E-state index in [9.17, 15) is 4.79 Å². The summed E-state index contributed by atoms with van der Waals surface area (Å²) in [5.41, 5.74) is 0.648. The largest absolute Gasteiger partial charge is 0.344 e. The molecule has 0 saturated carbocycles. The molecule has 1 aliphatic heterocycles. The number of hydrogen-bond acceptors (Lipinski definition) is 2. The van der Waals surface area contributed by atoms with E-state index in [0.29, 0.717) is 0 Å². The number of epoxide rings is 1. The van der Waals surface area contributed by atoms with E-state index >= 15 is 0 Å². The van der Waals surface area contributed by atoms with Crippen molar-refractivity contribution in [3.05, 3.63) is 71.8 Å². The third kappa shape index (κ3) is 1.57. The monoisotopic (exact) mass is 252 g/mol. The van der Waals surface area contributed by atoms with Crippen LogP contribution in [0, 0.1) is 0 Å². The predicted octanol–water partition coefficient (Wildman–Crippen LogP) is 3.31. The van der Waals surface area contributed by atoms with Gasteiger partial charge in [-0.1, -0.05) is 60.7 Å². The zero-order valence-electron chi connectivity index (χ0n) is 11.1. The molecule has 1 aliphatic rings. The topological polar surface area (TPSA) is 29.6 Å². The van der Waals surface area contributed by atoms with Crippen molar-refractivity contribution < 1.29 is 9.53 Å². The van der Waals surface area contributed by atoms with E-state index in [-0.39, 0.29) is 5.78 Å². The highest BCUT2D eigenvalue weighted by Crippen LogP contribution is 2.60. The Morgan fingerprint density at radius 2 is 1.32 bits per heavy atom. The molecule has 96 valence electrons. The molecule has 0 bridgehead atoms.